The lowest BCUT2D eigenvalue weighted by molar-refractivity contribution is 0.415. The normalized spacial score (nSPS) is 12.7. The van der Waals surface area contributed by atoms with Crippen molar-refractivity contribution in [2.75, 3.05) is 14.2 Å². The van der Waals surface area contributed by atoms with Crippen LogP contribution in [0, 0.1) is 6.92 Å². The highest BCUT2D eigenvalue weighted by Crippen LogP contribution is 2.31. The van der Waals surface area contributed by atoms with Crippen LogP contribution < -0.4 is 10.1 Å². The Morgan fingerprint density at radius 1 is 1.44 bits per heavy atom. The predicted molar refractivity (Wildman–Crippen MR) is 65.2 cm³/mol. The van der Waals surface area contributed by atoms with Crippen molar-refractivity contribution in [2.24, 2.45) is 0 Å². The first kappa shape index (κ1) is 11.2. The number of ether oxygens (including phenoxy) is 1. The molecule has 2 aromatic heterocycles. The fourth-order valence-electron chi connectivity index (χ4n) is 1.63. The Morgan fingerprint density at radius 3 is 2.75 bits per heavy atom. The number of nitrogens with one attached hydrogen (secondary N) is 1. The fraction of sp³-hybridized carbons (Fsp3) is 0.333. The van der Waals surface area contributed by atoms with Crippen molar-refractivity contribution in [1.29, 1.82) is 0 Å². The molecule has 2 heterocycles. The minimum atomic E-state index is 0.0996. The lowest BCUT2D eigenvalue weighted by atomic mass is 10.2. The number of aryl methyl sites for hydroxylation is 1. The van der Waals surface area contributed by atoms with Crippen molar-refractivity contribution in [2.45, 2.75) is 13.0 Å². The molecule has 2 aromatic rings. The molecule has 2 rings (SSSR count). The van der Waals surface area contributed by atoms with Gasteiger partial charge in [0.15, 0.2) is 0 Å². The first-order chi connectivity index (χ1) is 7.74. The number of methoxy groups -OCH3 is 1. The molecule has 0 bridgehead atoms. The number of hydrogen-bond acceptors (Lipinski definition) is 4. The Labute approximate surface area is 99.0 Å². The van der Waals surface area contributed by atoms with Crippen LogP contribution in [0.1, 0.15) is 22.4 Å². The molecule has 0 aromatic carbocycles. The summed E-state index contributed by atoms with van der Waals surface area (Å²) in [6.45, 7) is 1.95. The fourth-order valence-corrected chi connectivity index (χ4v) is 2.60. The molecule has 1 atom stereocenters. The van der Waals surface area contributed by atoms with E-state index in [4.69, 9.17) is 9.15 Å². The third-order valence-electron chi connectivity index (χ3n) is 2.45. The van der Waals surface area contributed by atoms with Crippen LogP contribution in [-0.2, 0) is 0 Å². The van der Waals surface area contributed by atoms with Gasteiger partial charge in [0.2, 0.25) is 0 Å². The van der Waals surface area contributed by atoms with Crippen LogP contribution in [0.4, 0.5) is 0 Å². The smallest absolute Gasteiger partial charge is 0.129 e. The Morgan fingerprint density at radius 2 is 2.25 bits per heavy atom. The van der Waals surface area contributed by atoms with Crippen molar-refractivity contribution in [3.05, 3.63) is 40.0 Å². The Bertz CT molecular complexity index is 461. The summed E-state index contributed by atoms with van der Waals surface area (Å²) in [7, 11) is 3.60. The van der Waals surface area contributed by atoms with Gasteiger partial charge in [-0.05, 0) is 32.2 Å². The molecule has 0 saturated heterocycles. The summed E-state index contributed by atoms with van der Waals surface area (Å²) in [6, 6.07) is 6.11. The summed E-state index contributed by atoms with van der Waals surface area (Å²) in [5, 5.41) is 5.24. The lowest BCUT2D eigenvalue weighted by Crippen LogP contribution is -2.15. The quantitative estimate of drug-likeness (QED) is 0.887. The summed E-state index contributed by atoms with van der Waals surface area (Å²) >= 11 is 1.66. The average Bonchev–Trinajstić information content (AvgIpc) is 2.89. The molecule has 0 spiro atoms. The van der Waals surface area contributed by atoms with Crippen LogP contribution in [0.3, 0.4) is 0 Å². The monoisotopic (exact) mass is 237 g/mol. The molecule has 1 N–H and O–H groups in total. The molecule has 0 radical (unpaired) electrons. The molecule has 0 saturated carbocycles. The van der Waals surface area contributed by atoms with Gasteiger partial charge in [-0.1, -0.05) is 0 Å². The number of thiophene rings is 1. The molecule has 0 aliphatic rings. The van der Waals surface area contributed by atoms with Gasteiger partial charge in [0.05, 0.1) is 7.11 Å². The van der Waals surface area contributed by atoms with Gasteiger partial charge in [0.1, 0.15) is 23.3 Å². The SMILES string of the molecule is CNC(c1ccc(C)o1)c1cc(OC)cs1. The van der Waals surface area contributed by atoms with E-state index in [1.807, 2.05) is 37.6 Å². The standard InChI is InChI=1S/C12H15NO2S/c1-8-4-5-10(15-8)12(13-2)11-6-9(14-3)7-16-11/h4-7,12-13H,1-3H3. The Hall–Kier alpha value is -1.26. The van der Waals surface area contributed by atoms with Gasteiger partial charge in [-0.15, -0.1) is 11.3 Å². The molecular weight excluding hydrogens is 222 g/mol. The highest BCUT2D eigenvalue weighted by molar-refractivity contribution is 7.10. The van der Waals surface area contributed by atoms with Crippen LogP contribution >= 0.6 is 11.3 Å². The molecule has 3 nitrogen and oxygen atoms in total. The molecule has 4 heteroatoms. The summed E-state index contributed by atoms with van der Waals surface area (Å²) in [6.07, 6.45) is 0. The molecule has 0 fully saturated rings. The number of furan rings is 1. The van der Waals surface area contributed by atoms with E-state index in [1.165, 1.54) is 4.88 Å². The second-order valence-electron chi connectivity index (χ2n) is 3.56. The van der Waals surface area contributed by atoms with E-state index in [2.05, 4.69) is 5.32 Å². The van der Waals surface area contributed by atoms with Gasteiger partial charge in [-0.25, -0.2) is 0 Å². The second kappa shape index (κ2) is 4.72. The number of rotatable bonds is 4. The molecule has 1 unspecified atom stereocenters. The van der Waals surface area contributed by atoms with E-state index in [0.717, 1.165) is 17.3 Å². The van der Waals surface area contributed by atoms with Gasteiger partial charge in [-0.2, -0.15) is 0 Å². The third-order valence-corrected chi connectivity index (χ3v) is 3.43. The van der Waals surface area contributed by atoms with E-state index in [9.17, 15) is 0 Å². The van der Waals surface area contributed by atoms with E-state index in [1.54, 1.807) is 18.4 Å². The zero-order chi connectivity index (χ0) is 11.5. The van der Waals surface area contributed by atoms with Gasteiger partial charge in [0, 0.05) is 10.3 Å². The molecule has 16 heavy (non-hydrogen) atoms. The van der Waals surface area contributed by atoms with Gasteiger partial charge in [-0.3, -0.25) is 0 Å². The van der Waals surface area contributed by atoms with Crippen molar-refractivity contribution < 1.29 is 9.15 Å². The topological polar surface area (TPSA) is 34.4 Å². The Kier molecular flexibility index (Phi) is 3.31. The van der Waals surface area contributed by atoms with Crippen molar-refractivity contribution in [3.63, 3.8) is 0 Å². The van der Waals surface area contributed by atoms with Crippen LogP contribution in [0.5, 0.6) is 5.75 Å². The van der Waals surface area contributed by atoms with Gasteiger partial charge < -0.3 is 14.5 Å². The van der Waals surface area contributed by atoms with E-state index in [0.29, 0.717) is 0 Å². The van der Waals surface area contributed by atoms with Crippen molar-refractivity contribution in [3.8, 4) is 5.75 Å². The highest BCUT2D eigenvalue weighted by Gasteiger charge is 2.17. The number of hydrogen-bond donors (Lipinski definition) is 1. The maximum atomic E-state index is 5.64. The molecule has 0 aliphatic carbocycles. The highest BCUT2D eigenvalue weighted by atomic mass is 32.1. The molecule has 0 amide bonds. The van der Waals surface area contributed by atoms with Crippen LogP contribution in [0.25, 0.3) is 0 Å². The summed E-state index contributed by atoms with van der Waals surface area (Å²) < 4.78 is 10.8. The van der Waals surface area contributed by atoms with E-state index >= 15 is 0 Å². The van der Waals surface area contributed by atoms with Gasteiger partial charge >= 0.3 is 0 Å². The molecule has 86 valence electrons. The minimum absolute atomic E-state index is 0.0996. The lowest BCUT2D eigenvalue weighted by Gasteiger charge is -2.11. The van der Waals surface area contributed by atoms with Crippen molar-refractivity contribution >= 4 is 11.3 Å². The average molecular weight is 237 g/mol. The molecule has 0 aliphatic heterocycles. The van der Waals surface area contributed by atoms with Crippen molar-refractivity contribution in [1.82, 2.24) is 5.32 Å². The maximum absolute atomic E-state index is 5.64. The summed E-state index contributed by atoms with van der Waals surface area (Å²) in [5.74, 6) is 2.76. The van der Waals surface area contributed by atoms with Crippen LogP contribution in [-0.4, -0.2) is 14.2 Å². The predicted octanol–water partition coefficient (Wildman–Crippen LogP) is 2.97. The van der Waals surface area contributed by atoms with E-state index < -0.39 is 0 Å². The summed E-state index contributed by atoms with van der Waals surface area (Å²) in [4.78, 5) is 1.19. The van der Waals surface area contributed by atoms with E-state index in [-0.39, 0.29) is 6.04 Å². The second-order valence-corrected chi connectivity index (χ2v) is 4.50. The first-order valence-electron chi connectivity index (χ1n) is 5.10. The van der Waals surface area contributed by atoms with Gasteiger partial charge in [0.25, 0.3) is 0 Å². The zero-order valence-electron chi connectivity index (χ0n) is 9.61. The largest absolute Gasteiger partial charge is 0.496 e. The Balaban J connectivity index is 2.28. The van der Waals surface area contributed by atoms with Crippen LogP contribution in [0.15, 0.2) is 28.0 Å². The first-order valence-corrected chi connectivity index (χ1v) is 5.98. The summed E-state index contributed by atoms with van der Waals surface area (Å²) in [5.41, 5.74) is 0. The third kappa shape index (κ3) is 2.13. The maximum Gasteiger partial charge on any atom is 0.129 e. The zero-order valence-corrected chi connectivity index (χ0v) is 10.4. The van der Waals surface area contributed by atoms with Crippen LogP contribution in [0.2, 0.25) is 0 Å². The minimum Gasteiger partial charge on any atom is -0.496 e. The molecular formula is C12H15NO2S.